The molecule has 0 aliphatic carbocycles. The Morgan fingerprint density at radius 1 is 1.18 bits per heavy atom. The smallest absolute Gasteiger partial charge is 0.226 e. The van der Waals surface area contributed by atoms with Crippen LogP contribution in [0.25, 0.3) is 5.69 Å². The Morgan fingerprint density at radius 2 is 2.04 bits per heavy atom. The zero-order valence-corrected chi connectivity index (χ0v) is 15.9. The highest BCUT2D eigenvalue weighted by Gasteiger charge is 2.37. The molecule has 1 aliphatic rings. The molecule has 1 N–H and O–H groups in total. The van der Waals surface area contributed by atoms with Crippen LogP contribution in [0.5, 0.6) is 0 Å². The highest BCUT2D eigenvalue weighted by Crippen LogP contribution is 2.35. The van der Waals surface area contributed by atoms with Crippen LogP contribution in [-0.2, 0) is 16.0 Å². The first-order chi connectivity index (χ1) is 13.7. The molecule has 3 aromatic rings. The number of hydrogen-bond acceptors (Lipinski definition) is 4. The zero-order valence-electron chi connectivity index (χ0n) is 15.9. The molecule has 0 radical (unpaired) electrons. The first kappa shape index (κ1) is 18.4. The number of amides is 1. The third-order valence-electron chi connectivity index (χ3n) is 5.14. The number of hydrogen-bond donors (Lipinski definition) is 1. The third kappa shape index (κ3) is 3.82. The van der Waals surface area contributed by atoms with E-state index in [0.717, 1.165) is 22.6 Å². The molecular weight excluding hydrogens is 352 g/mol. The van der Waals surface area contributed by atoms with E-state index in [9.17, 15) is 4.79 Å². The fraction of sp³-hybridized carbons (Fsp3) is 0.318. The topological polar surface area (TPSA) is 69.0 Å². The van der Waals surface area contributed by atoms with Crippen molar-refractivity contribution in [3.05, 3.63) is 77.9 Å². The number of nitrogens with one attached hydrogen (secondary N) is 1. The quantitative estimate of drug-likeness (QED) is 0.718. The van der Waals surface area contributed by atoms with E-state index in [1.807, 2.05) is 47.1 Å². The molecule has 144 valence electrons. The van der Waals surface area contributed by atoms with E-state index in [-0.39, 0.29) is 17.9 Å². The summed E-state index contributed by atoms with van der Waals surface area (Å²) in [6.45, 7) is 3.19. The van der Waals surface area contributed by atoms with Gasteiger partial charge >= 0.3 is 0 Å². The van der Waals surface area contributed by atoms with Crippen LogP contribution in [0, 0.1) is 12.8 Å². The van der Waals surface area contributed by atoms with E-state index in [2.05, 4.69) is 28.4 Å². The minimum atomic E-state index is -0.294. The van der Waals surface area contributed by atoms with Gasteiger partial charge in [-0.2, -0.15) is 5.10 Å². The van der Waals surface area contributed by atoms with Crippen LogP contribution in [-0.4, -0.2) is 33.8 Å². The fourth-order valence-electron chi connectivity index (χ4n) is 3.67. The summed E-state index contributed by atoms with van der Waals surface area (Å²) in [6, 6.07) is 15.8. The van der Waals surface area contributed by atoms with Crippen LogP contribution in [0.3, 0.4) is 0 Å². The number of carbonyl (C=O) groups is 1. The summed E-state index contributed by atoms with van der Waals surface area (Å²) in [5, 5.41) is 7.53. The van der Waals surface area contributed by atoms with Crippen LogP contribution in [0.2, 0.25) is 0 Å². The number of aryl methyl sites for hydroxylation is 1. The number of pyridine rings is 1. The lowest BCUT2D eigenvalue weighted by atomic mass is 9.97. The molecule has 6 nitrogen and oxygen atoms in total. The molecule has 6 heteroatoms. The molecule has 1 amide bonds. The second-order valence-corrected chi connectivity index (χ2v) is 7.00. The molecule has 1 saturated heterocycles. The second kappa shape index (κ2) is 8.35. The summed E-state index contributed by atoms with van der Waals surface area (Å²) in [4.78, 5) is 17.1. The number of aromatic nitrogens is 3. The zero-order chi connectivity index (χ0) is 19.3. The maximum atomic E-state index is 12.8. The van der Waals surface area contributed by atoms with Gasteiger partial charge in [0.15, 0.2) is 0 Å². The summed E-state index contributed by atoms with van der Waals surface area (Å²) in [6.07, 6.45) is 4.66. The maximum Gasteiger partial charge on any atom is 0.226 e. The first-order valence-electron chi connectivity index (χ1n) is 9.63. The highest BCUT2D eigenvalue weighted by molar-refractivity contribution is 5.79. The first-order valence-corrected chi connectivity index (χ1v) is 9.63. The predicted octanol–water partition coefficient (Wildman–Crippen LogP) is 3.01. The number of carbonyl (C=O) groups excluding carboxylic acids is 1. The van der Waals surface area contributed by atoms with Crippen LogP contribution in [0.1, 0.15) is 29.5 Å². The molecule has 2 atom stereocenters. The predicted molar refractivity (Wildman–Crippen MR) is 106 cm³/mol. The Balaban J connectivity index is 1.46. The van der Waals surface area contributed by atoms with Gasteiger partial charge in [-0.25, -0.2) is 4.68 Å². The van der Waals surface area contributed by atoms with Crippen molar-refractivity contribution in [3.8, 4) is 5.69 Å². The lowest BCUT2D eigenvalue weighted by molar-refractivity contribution is -0.126. The minimum Gasteiger partial charge on any atom is -0.371 e. The number of ether oxygens (including phenoxy) is 1. The average molecular weight is 376 g/mol. The largest absolute Gasteiger partial charge is 0.371 e. The summed E-state index contributed by atoms with van der Waals surface area (Å²) >= 11 is 0. The van der Waals surface area contributed by atoms with Crippen LogP contribution in [0.4, 0.5) is 0 Å². The molecule has 0 spiro atoms. The van der Waals surface area contributed by atoms with Crippen molar-refractivity contribution in [2.75, 3.05) is 13.2 Å². The lowest BCUT2D eigenvalue weighted by Gasteiger charge is -2.20. The van der Waals surface area contributed by atoms with Crippen molar-refractivity contribution in [2.24, 2.45) is 5.92 Å². The van der Waals surface area contributed by atoms with Crippen LogP contribution in [0.15, 0.2) is 60.9 Å². The standard InChI is InChI=1S/C22H24N4O2/c1-16-6-2-3-8-19(16)26-20(10-14-25-26)21-18(11-15-28-21)22(27)24-13-9-17-7-4-5-12-23-17/h2-8,10,12,14,18,21H,9,11,13,15H2,1H3,(H,24,27)/t18-,21-/m0/s1. The molecule has 3 heterocycles. The van der Waals surface area contributed by atoms with Gasteiger partial charge in [-0.05, 0) is 43.2 Å². The van der Waals surface area contributed by atoms with Crippen LogP contribution < -0.4 is 5.32 Å². The van der Waals surface area contributed by atoms with Gasteiger partial charge in [0.05, 0.1) is 17.3 Å². The third-order valence-corrected chi connectivity index (χ3v) is 5.14. The molecule has 2 aromatic heterocycles. The molecule has 1 aliphatic heterocycles. The molecule has 0 unspecified atom stereocenters. The fourth-order valence-corrected chi connectivity index (χ4v) is 3.67. The van der Waals surface area contributed by atoms with Gasteiger partial charge in [-0.15, -0.1) is 0 Å². The van der Waals surface area contributed by atoms with Gasteiger partial charge in [0.25, 0.3) is 0 Å². The van der Waals surface area contributed by atoms with Crippen molar-refractivity contribution < 1.29 is 9.53 Å². The average Bonchev–Trinajstić information content (AvgIpc) is 3.38. The Labute approximate surface area is 164 Å². The Hall–Kier alpha value is -2.99. The van der Waals surface area contributed by atoms with Crippen molar-refractivity contribution in [1.82, 2.24) is 20.1 Å². The second-order valence-electron chi connectivity index (χ2n) is 7.00. The van der Waals surface area contributed by atoms with E-state index in [0.29, 0.717) is 26.0 Å². The molecule has 4 rings (SSSR count). The van der Waals surface area contributed by atoms with Gasteiger partial charge in [0, 0.05) is 37.7 Å². The maximum absolute atomic E-state index is 12.8. The molecule has 28 heavy (non-hydrogen) atoms. The number of nitrogens with zero attached hydrogens (tertiary/aromatic N) is 3. The normalized spacial score (nSPS) is 18.9. The minimum absolute atomic E-state index is 0.0240. The summed E-state index contributed by atoms with van der Waals surface area (Å²) in [5.41, 5.74) is 4.02. The summed E-state index contributed by atoms with van der Waals surface area (Å²) in [5.74, 6) is -0.195. The van der Waals surface area contributed by atoms with Crippen LogP contribution >= 0.6 is 0 Å². The van der Waals surface area contributed by atoms with Crippen molar-refractivity contribution in [3.63, 3.8) is 0 Å². The van der Waals surface area contributed by atoms with Crippen molar-refractivity contribution in [2.45, 2.75) is 25.9 Å². The van der Waals surface area contributed by atoms with Gasteiger partial charge in [-0.3, -0.25) is 9.78 Å². The number of para-hydroxylation sites is 1. The molecule has 0 saturated carbocycles. The van der Waals surface area contributed by atoms with Gasteiger partial charge < -0.3 is 10.1 Å². The molecule has 0 bridgehead atoms. The summed E-state index contributed by atoms with van der Waals surface area (Å²) < 4.78 is 7.85. The monoisotopic (exact) mass is 376 g/mol. The van der Waals surface area contributed by atoms with E-state index in [4.69, 9.17) is 4.74 Å². The Bertz CT molecular complexity index is 938. The Kier molecular flexibility index (Phi) is 5.48. The Morgan fingerprint density at radius 3 is 2.86 bits per heavy atom. The van der Waals surface area contributed by atoms with E-state index < -0.39 is 0 Å². The lowest BCUT2D eigenvalue weighted by Crippen LogP contribution is -2.34. The van der Waals surface area contributed by atoms with E-state index >= 15 is 0 Å². The van der Waals surface area contributed by atoms with Crippen molar-refractivity contribution >= 4 is 5.91 Å². The SMILES string of the molecule is Cc1ccccc1-n1nccc1[C@H]1OCC[C@@H]1C(=O)NCCc1ccccn1. The molecule has 1 aromatic carbocycles. The van der Waals surface area contributed by atoms with E-state index in [1.165, 1.54) is 0 Å². The molecular formula is C22H24N4O2. The van der Waals surface area contributed by atoms with Crippen molar-refractivity contribution in [1.29, 1.82) is 0 Å². The number of rotatable bonds is 6. The van der Waals surface area contributed by atoms with Gasteiger partial charge in [0.1, 0.15) is 6.10 Å². The summed E-state index contributed by atoms with van der Waals surface area (Å²) in [7, 11) is 0. The van der Waals surface area contributed by atoms with E-state index in [1.54, 1.807) is 12.4 Å². The molecule has 1 fully saturated rings. The van der Waals surface area contributed by atoms with Gasteiger partial charge in [0.2, 0.25) is 5.91 Å². The number of benzene rings is 1. The van der Waals surface area contributed by atoms with Gasteiger partial charge in [-0.1, -0.05) is 24.3 Å². The highest BCUT2D eigenvalue weighted by atomic mass is 16.5.